The number of aromatic nitrogens is 5. The number of para-hydroxylation sites is 2. The molecule has 0 amide bonds. The van der Waals surface area contributed by atoms with E-state index in [1.807, 2.05) is 146 Å². The van der Waals surface area contributed by atoms with E-state index in [1.165, 1.54) is 0 Å². The van der Waals surface area contributed by atoms with Crippen LogP contribution in [-0.2, 0) is 0 Å². The number of hydrogen-bond donors (Lipinski definition) is 0. The van der Waals surface area contributed by atoms with Gasteiger partial charge < -0.3 is 13.3 Å². The van der Waals surface area contributed by atoms with Crippen LogP contribution in [0.2, 0.25) is 0 Å². The number of nitrogens with zero attached hydrogens (tertiary/aromatic N) is 5. The maximum atomic E-state index is 6.49. The molecule has 266 valence electrons. The molecule has 0 N–H and O–H groups in total. The molecule has 0 saturated heterocycles. The van der Waals surface area contributed by atoms with Gasteiger partial charge in [-0.1, -0.05) is 109 Å². The summed E-state index contributed by atoms with van der Waals surface area (Å²) >= 11 is 0. The van der Waals surface area contributed by atoms with Crippen molar-refractivity contribution in [3.8, 4) is 56.8 Å². The van der Waals surface area contributed by atoms with Gasteiger partial charge in [-0.25, -0.2) is 24.9 Å². The van der Waals surface area contributed by atoms with Gasteiger partial charge in [0, 0.05) is 54.7 Å². The highest BCUT2D eigenvalue weighted by Gasteiger charge is 2.21. The second-order valence-corrected chi connectivity index (χ2v) is 14.0. The molecule has 0 aliphatic carbocycles. The summed E-state index contributed by atoms with van der Waals surface area (Å²) in [7, 11) is 0. The fraction of sp³-hybridized carbons (Fsp3) is 0. The lowest BCUT2D eigenvalue weighted by atomic mass is 10.0. The molecular formula is C49H27N5O3. The van der Waals surface area contributed by atoms with Gasteiger partial charge in [0.05, 0.1) is 0 Å². The first-order chi connectivity index (χ1) is 28.2. The van der Waals surface area contributed by atoms with Gasteiger partial charge in [-0.15, -0.1) is 0 Å². The summed E-state index contributed by atoms with van der Waals surface area (Å²) in [5, 5.41) is 4.83. The molecule has 0 unspecified atom stereocenters. The fourth-order valence-electron chi connectivity index (χ4n) is 7.87. The molecule has 5 aromatic heterocycles. The van der Waals surface area contributed by atoms with Crippen LogP contribution >= 0.6 is 0 Å². The highest BCUT2D eigenvalue weighted by molar-refractivity contribution is 6.12. The van der Waals surface area contributed by atoms with Crippen molar-refractivity contribution in [2.75, 3.05) is 0 Å². The van der Waals surface area contributed by atoms with Crippen LogP contribution in [0.3, 0.4) is 0 Å². The third kappa shape index (κ3) is 5.04. The Labute approximate surface area is 323 Å². The monoisotopic (exact) mass is 733 g/mol. The second-order valence-electron chi connectivity index (χ2n) is 14.0. The minimum atomic E-state index is 0.555. The molecule has 8 nitrogen and oxygen atoms in total. The van der Waals surface area contributed by atoms with Crippen molar-refractivity contribution in [1.82, 2.24) is 24.9 Å². The molecular weight excluding hydrogens is 707 g/mol. The molecule has 7 aromatic carbocycles. The lowest BCUT2D eigenvalue weighted by Crippen LogP contribution is -2.00. The Balaban J connectivity index is 1.01. The average Bonchev–Trinajstić information content (AvgIpc) is 3.97. The van der Waals surface area contributed by atoms with E-state index in [-0.39, 0.29) is 0 Å². The first-order valence-corrected chi connectivity index (χ1v) is 18.7. The summed E-state index contributed by atoms with van der Waals surface area (Å²) < 4.78 is 19.0. The van der Waals surface area contributed by atoms with Gasteiger partial charge in [-0.05, 0) is 54.6 Å². The molecule has 0 aliphatic rings. The first kappa shape index (κ1) is 31.4. The number of fused-ring (bicyclic) bond motifs is 9. The Kier molecular flexibility index (Phi) is 6.76. The summed E-state index contributed by atoms with van der Waals surface area (Å²) in [6.45, 7) is 0. The molecule has 12 rings (SSSR count). The second kappa shape index (κ2) is 12.3. The zero-order valence-corrected chi connectivity index (χ0v) is 30.0. The predicted octanol–water partition coefficient (Wildman–Crippen LogP) is 12.7. The van der Waals surface area contributed by atoms with Gasteiger partial charge in [0.25, 0.3) is 0 Å². The van der Waals surface area contributed by atoms with E-state index in [1.54, 1.807) is 0 Å². The largest absolute Gasteiger partial charge is 0.456 e. The number of hydrogen-bond acceptors (Lipinski definition) is 8. The van der Waals surface area contributed by atoms with E-state index in [0.717, 1.165) is 93.9 Å². The smallest absolute Gasteiger partial charge is 0.180 e. The van der Waals surface area contributed by atoms with Crippen molar-refractivity contribution >= 4 is 65.9 Å². The number of rotatable bonds is 5. The van der Waals surface area contributed by atoms with E-state index < -0.39 is 0 Å². The summed E-state index contributed by atoms with van der Waals surface area (Å²) in [5.41, 5.74) is 10.4. The molecule has 57 heavy (non-hydrogen) atoms. The van der Waals surface area contributed by atoms with Crippen molar-refractivity contribution in [2.24, 2.45) is 0 Å². The molecule has 0 saturated carbocycles. The van der Waals surface area contributed by atoms with Gasteiger partial charge in [0.2, 0.25) is 0 Å². The summed E-state index contributed by atoms with van der Waals surface area (Å²) in [6, 6.07) is 54.3. The van der Waals surface area contributed by atoms with Gasteiger partial charge in [-0.3, -0.25) is 0 Å². The van der Waals surface area contributed by atoms with Crippen LogP contribution in [0.15, 0.2) is 177 Å². The molecule has 0 aliphatic heterocycles. The van der Waals surface area contributed by atoms with Gasteiger partial charge >= 0.3 is 0 Å². The quantitative estimate of drug-likeness (QED) is 0.172. The minimum absolute atomic E-state index is 0.555. The molecule has 0 radical (unpaired) electrons. The van der Waals surface area contributed by atoms with E-state index in [2.05, 4.69) is 18.2 Å². The summed E-state index contributed by atoms with van der Waals surface area (Å²) in [4.78, 5) is 25.3. The Morgan fingerprint density at radius 2 is 0.912 bits per heavy atom. The summed E-state index contributed by atoms with van der Waals surface area (Å²) in [5.74, 6) is 2.29. The topological polar surface area (TPSA) is 104 Å². The maximum Gasteiger partial charge on any atom is 0.180 e. The molecule has 0 atom stereocenters. The maximum absolute atomic E-state index is 6.49. The van der Waals surface area contributed by atoms with Crippen LogP contribution in [0.1, 0.15) is 0 Å². The van der Waals surface area contributed by atoms with Crippen LogP contribution < -0.4 is 0 Å². The lowest BCUT2D eigenvalue weighted by Gasteiger charge is -2.09. The Morgan fingerprint density at radius 1 is 0.316 bits per heavy atom. The lowest BCUT2D eigenvalue weighted by molar-refractivity contribution is 0.667. The van der Waals surface area contributed by atoms with Crippen LogP contribution in [0.25, 0.3) is 123 Å². The minimum Gasteiger partial charge on any atom is -0.456 e. The fourth-order valence-corrected chi connectivity index (χ4v) is 7.87. The Bertz CT molecular complexity index is 3530. The average molecular weight is 734 g/mol. The van der Waals surface area contributed by atoms with Gasteiger partial charge in [-0.2, -0.15) is 0 Å². The van der Waals surface area contributed by atoms with Crippen LogP contribution in [-0.4, -0.2) is 24.9 Å². The third-order valence-electron chi connectivity index (χ3n) is 10.6. The van der Waals surface area contributed by atoms with Crippen molar-refractivity contribution in [2.45, 2.75) is 0 Å². The SMILES string of the molecule is c1ccc(-c2nc(-c3ccc4oc5cc(-c6nc(-c7ccccc7)c7oc8ccccc8c7n6)ccc5c4c3)nc(-c3cccc4oc5ccccc5c34)n2)cc1. The normalized spacial score (nSPS) is 11.9. The van der Waals surface area contributed by atoms with E-state index in [4.69, 9.17) is 38.2 Å². The van der Waals surface area contributed by atoms with Crippen molar-refractivity contribution in [3.05, 3.63) is 164 Å². The molecule has 0 spiro atoms. The third-order valence-corrected chi connectivity index (χ3v) is 10.6. The van der Waals surface area contributed by atoms with Crippen molar-refractivity contribution in [3.63, 3.8) is 0 Å². The highest BCUT2D eigenvalue weighted by Crippen LogP contribution is 2.39. The Hall–Kier alpha value is -7.97. The Morgan fingerprint density at radius 3 is 1.74 bits per heavy atom. The van der Waals surface area contributed by atoms with Crippen LogP contribution in [0.4, 0.5) is 0 Å². The zero-order valence-electron chi connectivity index (χ0n) is 30.0. The van der Waals surface area contributed by atoms with E-state index in [9.17, 15) is 0 Å². The van der Waals surface area contributed by atoms with E-state index >= 15 is 0 Å². The van der Waals surface area contributed by atoms with Crippen molar-refractivity contribution in [1.29, 1.82) is 0 Å². The standard InChI is InChI=1S/C49H27N5O3/c1-3-12-28(13-4-1)43-45-44(34-17-8-10-20-38(34)57-45)51-47(50-43)31-22-24-32-36-26-30(23-25-39(36)56-41(32)27-31)48-52-46(29-14-5-2-6-15-29)53-49(54-48)35-18-11-21-40-42(35)33-16-7-9-19-37(33)55-40/h1-27H. The number of benzene rings is 7. The molecule has 12 aromatic rings. The zero-order chi connectivity index (χ0) is 37.5. The highest BCUT2D eigenvalue weighted by atomic mass is 16.3. The van der Waals surface area contributed by atoms with Gasteiger partial charge in [0.15, 0.2) is 28.9 Å². The molecule has 5 heterocycles. The predicted molar refractivity (Wildman–Crippen MR) is 224 cm³/mol. The molecule has 0 bridgehead atoms. The van der Waals surface area contributed by atoms with Crippen molar-refractivity contribution < 1.29 is 13.3 Å². The van der Waals surface area contributed by atoms with Crippen LogP contribution in [0, 0.1) is 0 Å². The molecule has 8 heteroatoms. The molecule has 0 fully saturated rings. The summed E-state index contributed by atoms with van der Waals surface area (Å²) in [6.07, 6.45) is 0. The number of furan rings is 3. The van der Waals surface area contributed by atoms with Gasteiger partial charge in [0.1, 0.15) is 39.1 Å². The van der Waals surface area contributed by atoms with E-state index in [0.29, 0.717) is 28.9 Å². The first-order valence-electron chi connectivity index (χ1n) is 18.7. The van der Waals surface area contributed by atoms with Crippen LogP contribution in [0.5, 0.6) is 0 Å².